The van der Waals surface area contributed by atoms with Gasteiger partial charge in [-0.1, -0.05) is 41.6 Å². The van der Waals surface area contributed by atoms with Crippen molar-refractivity contribution >= 4 is 34.3 Å². The van der Waals surface area contributed by atoms with E-state index in [4.69, 9.17) is 11.6 Å². The molecule has 5 heteroatoms. The fourth-order valence-electron chi connectivity index (χ4n) is 2.02. The van der Waals surface area contributed by atoms with Gasteiger partial charge in [-0.25, -0.2) is 4.98 Å². The molecule has 0 unspecified atom stereocenters. The number of fused-ring (bicyclic) bond motifs is 1. The van der Waals surface area contributed by atoms with Crippen molar-refractivity contribution in [1.82, 2.24) is 15.0 Å². The van der Waals surface area contributed by atoms with Gasteiger partial charge in [-0.2, -0.15) is 0 Å². The standard InChI is InChI=1S/C15H12ClN3S/c1-10-11-4-2-3-5-12(11)19-13(15(10)16)9-20-14-8-17-6-7-18-14/h2-8H,9H2,1H3. The van der Waals surface area contributed by atoms with Crippen molar-refractivity contribution in [3.8, 4) is 0 Å². The van der Waals surface area contributed by atoms with Crippen LogP contribution in [0.25, 0.3) is 10.9 Å². The van der Waals surface area contributed by atoms with Crippen LogP contribution in [0.3, 0.4) is 0 Å². The van der Waals surface area contributed by atoms with Crippen LogP contribution in [0.2, 0.25) is 5.02 Å². The number of hydrogen-bond acceptors (Lipinski definition) is 4. The van der Waals surface area contributed by atoms with Crippen LogP contribution in [0.4, 0.5) is 0 Å². The molecule has 0 aliphatic rings. The van der Waals surface area contributed by atoms with Crippen molar-refractivity contribution in [1.29, 1.82) is 0 Å². The van der Waals surface area contributed by atoms with Crippen LogP contribution in [0.5, 0.6) is 0 Å². The summed E-state index contributed by atoms with van der Waals surface area (Å²) in [5.41, 5.74) is 2.94. The normalized spacial score (nSPS) is 10.9. The number of pyridine rings is 1. The Kier molecular flexibility index (Phi) is 3.85. The highest BCUT2D eigenvalue weighted by Crippen LogP contribution is 2.30. The van der Waals surface area contributed by atoms with Crippen LogP contribution in [-0.4, -0.2) is 15.0 Å². The smallest absolute Gasteiger partial charge is 0.115 e. The Balaban J connectivity index is 1.94. The topological polar surface area (TPSA) is 38.7 Å². The maximum atomic E-state index is 6.43. The summed E-state index contributed by atoms with van der Waals surface area (Å²) in [7, 11) is 0. The first kappa shape index (κ1) is 13.3. The van der Waals surface area contributed by atoms with Crippen LogP contribution in [0, 0.1) is 6.92 Å². The molecule has 3 rings (SSSR count). The Morgan fingerprint density at radius 2 is 2.05 bits per heavy atom. The maximum absolute atomic E-state index is 6.43. The number of aryl methyl sites for hydroxylation is 1. The van der Waals surface area contributed by atoms with E-state index in [1.165, 1.54) is 0 Å². The number of aromatic nitrogens is 3. The number of para-hydroxylation sites is 1. The predicted molar refractivity (Wildman–Crippen MR) is 83.1 cm³/mol. The number of benzene rings is 1. The molecule has 2 aromatic heterocycles. The van der Waals surface area contributed by atoms with E-state index in [-0.39, 0.29) is 0 Å². The molecule has 0 aliphatic heterocycles. The molecule has 3 nitrogen and oxygen atoms in total. The fraction of sp³-hybridized carbons (Fsp3) is 0.133. The summed E-state index contributed by atoms with van der Waals surface area (Å²) in [6.07, 6.45) is 5.09. The highest BCUT2D eigenvalue weighted by atomic mass is 35.5. The second-order valence-corrected chi connectivity index (χ2v) is 5.72. The Morgan fingerprint density at radius 1 is 1.20 bits per heavy atom. The Hall–Kier alpha value is -1.65. The molecule has 0 spiro atoms. The first-order valence-corrected chi connectivity index (χ1v) is 7.54. The van der Waals surface area contributed by atoms with E-state index < -0.39 is 0 Å². The SMILES string of the molecule is Cc1c(Cl)c(CSc2cnccn2)nc2ccccc12. The third-order valence-electron chi connectivity index (χ3n) is 3.04. The summed E-state index contributed by atoms with van der Waals surface area (Å²) in [5.74, 6) is 0.684. The highest BCUT2D eigenvalue weighted by molar-refractivity contribution is 7.98. The van der Waals surface area contributed by atoms with Gasteiger partial charge in [0.25, 0.3) is 0 Å². The quantitative estimate of drug-likeness (QED) is 0.677. The zero-order valence-electron chi connectivity index (χ0n) is 10.9. The fourth-order valence-corrected chi connectivity index (χ4v) is 3.07. The van der Waals surface area contributed by atoms with Crippen molar-refractivity contribution in [2.75, 3.05) is 0 Å². The Labute approximate surface area is 126 Å². The number of rotatable bonds is 3. The maximum Gasteiger partial charge on any atom is 0.115 e. The lowest BCUT2D eigenvalue weighted by atomic mass is 10.1. The predicted octanol–water partition coefficient (Wildman–Crippen LogP) is 4.28. The number of nitrogens with zero attached hydrogens (tertiary/aromatic N) is 3. The van der Waals surface area contributed by atoms with E-state index >= 15 is 0 Å². The van der Waals surface area contributed by atoms with Crippen LogP contribution in [-0.2, 0) is 5.75 Å². The van der Waals surface area contributed by atoms with Crippen molar-refractivity contribution in [2.45, 2.75) is 17.7 Å². The molecule has 0 saturated heterocycles. The van der Waals surface area contributed by atoms with Gasteiger partial charge in [-0.3, -0.25) is 9.97 Å². The Morgan fingerprint density at radius 3 is 2.85 bits per heavy atom. The molecule has 3 aromatic rings. The number of hydrogen-bond donors (Lipinski definition) is 0. The molecular formula is C15H12ClN3S. The molecule has 0 aliphatic carbocycles. The molecule has 1 aromatic carbocycles. The summed E-state index contributed by atoms with van der Waals surface area (Å²) in [6, 6.07) is 8.04. The molecule has 100 valence electrons. The van der Waals surface area contributed by atoms with Crippen LogP contribution >= 0.6 is 23.4 Å². The highest BCUT2D eigenvalue weighted by Gasteiger charge is 2.10. The largest absolute Gasteiger partial charge is 0.260 e. The van der Waals surface area contributed by atoms with Gasteiger partial charge in [0.05, 0.1) is 22.4 Å². The molecule has 0 amide bonds. The van der Waals surface area contributed by atoms with Gasteiger partial charge >= 0.3 is 0 Å². The van der Waals surface area contributed by atoms with Crippen molar-refractivity contribution < 1.29 is 0 Å². The van der Waals surface area contributed by atoms with Gasteiger partial charge < -0.3 is 0 Å². The number of thioether (sulfide) groups is 1. The average Bonchev–Trinajstić information content (AvgIpc) is 2.50. The zero-order valence-corrected chi connectivity index (χ0v) is 12.4. The minimum Gasteiger partial charge on any atom is -0.260 e. The van der Waals surface area contributed by atoms with Gasteiger partial charge in [-0.15, -0.1) is 0 Å². The van der Waals surface area contributed by atoms with E-state index in [1.54, 1.807) is 30.4 Å². The Bertz CT molecular complexity index is 747. The lowest BCUT2D eigenvalue weighted by Gasteiger charge is -2.09. The second-order valence-electron chi connectivity index (χ2n) is 4.35. The van der Waals surface area contributed by atoms with E-state index in [9.17, 15) is 0 Å². The molecule has 0 atom stereocenters. The molecule has 0 radical (unpaired) electrons. The van der Waals surface area contributed by atoms with E-state index in [1.807, 2.05) is 31.2 Å². The van der Waals surface area contributed by atoms with Gasteiger partial charge in [0.1, 0.15) is 5.03 Å². The average molecular weight is 302 g/mol. The summed E-state index contributed by atoms with van der Waals surface area (Å²) < 4.78 is 0. The third-order valence-corrected chi connectivity index (χ3v) is 4.47. The minimum absolute atomic E-state index is 0.684. The summed E-state index contributed by atoms with van der Waals surface area (Å²) in [4.78, 5) is 12.9. The molecule has 20 heavy (non-hydrogen) atoms. The van der Waals surface area contributed by atoms with Crippen LogP contribution < -0.4 is 0 Å². The second kappa shape index (κ2) is 5.77. The first-order chi connectivity index (χ1) is 9.75. The lowest BCUT2D eigenvalue weighted by molar-refractivity contribution is 1.05. The van der Waals surface area contributed by atoms with Crippen molar-refractivity contribution in [3.05, 3.63) is 59.1 Å². The van der Waals surface area contributed by atoms with Gasteiger partial charge in [0.2, 0.25) is 0 Å². The van der Waals surface area contributed by atoms with E-state index in [0.29, 0.717) is 5.75 Å². The van der Waals surface area contributed by atoms with Gasteiger partial charge in [-0.05, 0) is 18.6 Å². The zero-order chi connectivity index (χ0) is 13.9. The molecule has 0 saturated carbocycles. The lowest BCUT2D eigenvalue weighted by Crippen LogP contribution is -1.94. The number of halogens is 1. The van der Waals surface area contributed by atoms with Crippen LogP contribution in [0.15, 0.2) is 47.9 Å². The van der Waals surface area contributed by atoms with Crippen molar-refractivity contribution in [3.63, 3.8) is 0 Å². The van der Waals surface area contributed by atoms with E-state index in [2.05, 4.69) is 15.0 Å². The van der Waals surface area contributed by atoms with E-state index in [0.717, 1.165) is 32.2 Å². The summed E-state index contributed by atoms with van der Waals surface area (Å²) >= 11 is 8.01. The molecule has 0 fully saturated rings. The minimum atomic E-state index is 0.684. The monoisotopic (exact) mass is 301 g/mol. The molecule has 2 heterocycles. The van der Waals surface area contributed by atoms with Crippen molar-refractivity contribution in [2.24, 2.45) is 0 Å². The first-order valence-electron chi connectivity index (χ1n) is 6.18. The molecule has 0 bridgehead atoms. The molecular weight excluding hydrogens is 290 g/mol. The molecule has 0 N–H and O–H groups in total. The third kappa shape index (κ3) is 2.62. The van der Waals surface area contributed by atoms with Crippen LogP contribution in [0.1, 0.15) is 11.3 Å². The summed E-state index contributed by atoms with van der Waals surface area (Å²) in [5, 5.41) is 2.71. The summed E-state index contributed by atoms with van der Waals surface area (Å²) in [6.45, 7) is 2.03. The van der Waals surface area contributed by atoms with Gasteiger partial charge in [0.15, 0.2) is 0 Å². The van der Waals surface area contributed by atoms with Gasteiger partial charge in [0, 0.05) is 23.5 Å².